The second-order valence-electron chi connectivity index (χ2n) is 6.73. The topological polar surface area (TPSA) is 15.3 Å². The third-order valence-electron chi connectivity index (χ3n) is 4.84. The fourth-order valence-electron chi connectivity index (χ4n) is 3.35. The molecule has 2 rings (SSSR count). The molecule has 1 aliphatic heterocycles. The predicted molar refractivity (Wildman–Crippen MR) is 89.4 cm³/mol. The van der Waals surface area contributed by atoms with Gasteiger partial charge in [-0.2, -0.15) is 0 Å². The van der Waals surface area contributed by atoms with Gasteiger partial charge in [0.25, 0.3) is 0 Å². The number of hydrogen-bond acceptors (Lipinski definition) is 3. The lowest BCUT2D eigenvalue weighted by molar-refractivity contribution is 0.0265. The zero-order chi connectivity index (χ0) is 14.8. The van der Waals surface area contributed by atoms with Crippen LogP contribution in [0.4, 0.5) is 0 Å². The number of thiophene rings is 1. The van der Waals surface area contributed by atoms with E-state index in [2.05, 4.69) is 62.3 Å². The van der Waals surface area contributed by atoms with Gasteiger partial charge in [-0.1, -0.05) is 33.8 Å². The van der Waals surface area contributed by atoms with E-state index in [9.17, 15) is 0 Å². The van der Waals surface area contributed by atoms with Crippen molar-refractivity contribution in [2.45, 2.75) is 65.1 Å². The number of nitrogens with one attached hydrogen (secondary N) is 1. The Bertz CT molecular complexity index is 401. The van der Waals surface area contributed by atoms with E-state index >= 15 is 0 Å². The maximum absolute atomic E-state index is 3.78. The van der Waals surface area contributed by atoms with Gasteiger partial charge in [0, 0.05) is 35.6 Å². The summed E-state index contributed by atoms with van der Waals surface area (Å²) in [5.41, 5.74) is 0.260. The van der Waals surface area contributed by atoms with Crippen LogP contribution < -0.4 is 5.32 Å². The zero-order valence-corrected chi connectivity index (χ0v) is 14.5. The van der Waals surface area contributed by atoms with Crippen molar-refractivity contribution in [3.05, 3.63) is 22.4 Å². The Balaban J connectivity index is 2.28. The molecule has 3 unspecified atom stereocenters. The van der Waals surface area contributed by atoms with E-state index < -0.39 is 0 Å². The van der Waals surface area contributed by atoms with E-state index in [1.54, 1.807) is 0 Å². The first kappa shape index (κ1) is 16.0. The summed E-state index contributed by atoms with van der Waals surface area (Å²) in [5.74, 6) is 0.655. The molecule has 114 valence electrons. The molecule has 0 amide bonds. The van der Waals surface area contributed by atoms with Crippen LogP contribution in [0.2, 0.25) is 0 Å². The molecule has 1 aliphatic rings. The number of piperazine rings is 1. The Morgan fingerprint density at radius 3 is 2.70 bits per heavy atom. The van der Waals surface area contributed by atoms with Crippen LogP contribution in [-0.2, 0) is 0 Å². The van der Waals surface area contributed by atoms with Crippen molar-refractivity contribution in [3.8, 4) is 0 Å². The molecule has 0 aliphatic carbocycles. The smallest absolute Gasteiger partial charge is 0.0468 e. The molecule has 0 spiro atoms. The summed E-state index contributed by atoms with van der Waals surface area (Å²) < 4.78 is 0. The Hall–Kier alpha value is -0.380. The van der Waals surface area contributed by atoms with Crippen LogP contribution in [0.5, 0.6) is 0 Å². The Morgan fingerprint density at radius 1 is 1.45 bits per heavy atom. The van der Waals surface area contributed by atoms with E-state index in [-0.39, 0.29) is 5.54 Å². The van der Waals surface area contributed by atoms with Crippen LogP contribution in [0.1, 0.15) is 58.4 Å². The minimum Gasteiger partial charge on any atom is -0.309 e. The molecule has 0 aromatic carbocycles. The van der Waals surface area contributed by atoms with Crippen molar-refractivity contribution < 1.29 is 0 Å². The molecule has 20 heavy (non-hydrogen) atoms. The lowest BCUT2D eigenvalue weighted by Crippen LogP contribution is -2.63. The maximum Gasteiger partial charge on any atom is 0.0468 e. The van der Waals surface area contributed by atoms with Crippen molar-refractivity contribution in [3.63, 3.8) is 0 Å². The van der Waals surface area contributed by atoms with E-state index in [0.29, 0.717) is 18.0 Å². The fourth-order valence-corrected chi connectivity index (χ4v) is 4.36. The van der Waals surface area contributed by atoms with Crippen LogP contribution >= 0.6 is 11.3 Å². The molecule has 0 bridgehead atoms. The van der Waals surface area contributed by atoms with Gasteiger partial charge in [0.05, 0.1) is 0 Å². The van der Waals surface area contributed by atoms with Crippen LogP contribution in [0.15, 0.2) is 17.5 Å². The van der Waals surface area contributed by atoms with Gasteiger partial charge in [-0.05, 0) is 37.1 Å². The molecule has 3 atom stereocenters. The maximum atomic E-state index is 3.78. The molecule has 3 heteroatoms. The lowest BCUT2D eigenvalue weighted by Gasteiger charge is -2.50. The predicted octanol–water partition coefficient (Wildman–Crippen LogP) is 4.30. The Labute approximate surface area is 128 Å². The molecular formula is C17H30N2S. The third-order valence-corrected chi connectivity index (χ3v) is 5.78. The van der Waals surface area contributed by atoms with E-state index in [4.69, 9.17) is 0 Å². The van der Waals surface area contributed by atoms with Crippen molar-refractivity contribution in [1.29, 1.82) is 0 Å². The molecule has 1 aromatic rings. The first-order chi connectivity index (χ1) is 9.50. The van der Waals surface area contributed by atoms with Crippen LogP contribution in [0.25, 0.3) is 0 Å². The SMILES string of the molecule is CCC1CNC(C)(CC)CN1C(c1cccs1)C(C)C. The molecule has 1 aromatic heterocycles. The van der Waals surface area contributed by atoms with Crippen molar-refractivity contribution in [2.75, 3.05) is 13.1 Å². The number of hydrogen-bond donors (Lipinski definition) is 1. The van der Waals surface area contributed by atoms with Crippen molar-refractivity contribution in [1.82, 2.24) is 10.2 Å². The molecule has 1 N–H and O–H groups in total. The monoisotopic (exact) mass is 294 g/mol. The first-order valence-electron chi connectivity index (χ1n) is 8.05. The zero-order valence-electron chi connectivity index (χ0n) is 13.6. The van der Waals surface area contributed by atoms with Gasteiger partial charge in [0.2, 0.25) is 0 Å². The van der Waals surface area contributed by atoms with Gasteiger partial charge in [0.1, 0.15) is 0 Å². The second-order valence-corrected chi connectivity index (χ2v) is 7.71. The van der Waals surface area contributed by atoms with Gasteiger partial charge in [0.15, 0.2) is 0 Å². The average molecular weight is 295 g/mol. The highest BCUT2D eigenvalue weighted by atomic mass is 32.1. The highest BCUT2D eigenvalue weighted by molar-refractivity contribution is 7.10. The van der Waals surface area contributed by atoms with E-state index in [0.717, 1.165) is 13.1 Å². The molecule has 2 nitrogen and oxygen atoms in total. The third kappa shape index (κ3) is 3.26. The summed E-state index contributed by atoms with van der Waals surface area (Å²) in [4.78, 5) is 4.30. The van der Waals surface area contributed by atoms with Gasteiger partial charge in [-0.15, -0.1) is 11.3 Å². The summed E-state index contributed by atoms with van der Waals surface area (Å²) in [6.45, 7) is 14.0. The van der Waals surface area contributed by atoms with Gasteiger partial charge in [-0.25, -0.2) is 0 Å². The van der Waals surface area contributed by atoms with Crippen molar-refractivity contribution in [2.24, 2.45) is 5.92 Å². The summed E-state index contributed by atoms with van der Waals surface area (Å²) in [5, 5.41) is 5.99. The summed E-state index contributed by atoms with van der Waals surface area (Å²) in [7, 11) is 0. The highest BCUT2D eigenvalue weighted by Crippen LogP contribution is 2.36. The first-order valence-corrected chi connectivity index (χ1v) is 8.93. The Morgan fingerprint density at radius 2 is 2.20 bits per heavy atom. The average Bonchev–Trinajstić information content (AvgIpc) is 2.93. The van der Waals surface area contributed by atoms with Gasteiger partial charge >= 0.3 is 0 Å². The lowest BCUT2D eigenvalue weighted by atomic mass is 9.89. The van der Waals surface area contributed by atoms with E-state index in [1.165, 1.54) is 17.7 Å². The molecule has 0 saturated carbocycles. The second kappa shape index (κ2) is 6.59. The molecule has 2 heterocycles. The Kier molecular flexibility index (Phi) is 5.27. The standard InChI is InChI=1S/C17H30N2S/c1-6-14-11-18-17(5,7-2)12-19(14)16(13(3)4)15-9-8-10-20-15/h8-10,13-14,16,18H,6-7,11-12H2,1-5H3. The van der Waals surface area contributed by atoms with Crippen LogP contribution in [0.3, 0.4) is 0 Å². The van der Waals surface area contributed by atoms with Gasteiger partial charge < -0.3 is 5.32 Å². The minimum atomic E-state index is 0.260. The molecule has 0 radical (unpaired) electrons. The fraction of sp³-hybridized carbons (Fsp3) is 0.765. The molecule has 1 saturated heterocycles. The van der Waals surface area contributed by atoms with Crippen molar-refractivity contribution >= 4 is 11.3 Å². The van der Waals surface area contributed by atoms with Crippen LogP contribution in [-0.4, -0.2) is 29.6 Å². The molecular weight excluding hydrogens is 264 g/mol. The normalized spacial score (nSPS) is 29.8. The molecule has 1 fully saturated rings. The van der Waals surface area contributed by atoms with E-state index in [1.807, 2.05) is 11.3 Å². The largest absolute Gasteiger partial charge is 0.309 e. The summed E-state index contributed by atoms with van der Waals surface area (Å²) >= 11 is 1.91. The summed E-state index contributed by atoms with van der Waals surface area (Å²) in [6, 6.07) is 5.72. The van der Waals surface area contributed by atoms with Gasteiger partial charge in [-0.3, -0.25) is 4.90 Å². The number of nitrogens with zero attached hydrogens (tertiary/aromatic N) is 1. The van der Waals surface area contributed by atoms with Crippen LogP contribution in [0, 0.1) is 5.92 Å². The number of rotatable bonds is 5. The quantitative estimate of drug-likeness (QED) is 0.871. The highest BCUT2D eigenvalue weighted by Gasteiger charge is 2.38. The minimum absolute atomic E-state index is 0.260. The summed E-state index contributed by atoms with van der Waals surface area (Å²) in [6.07, 6.45) is 2.41.